The van der Waals surface area contributed by atoms with Crippen LogP contribution in [0.15, 0.2) is 33.2 Å². The van der Waals surface area contributed by atoms with Gasteiger partial charge in [0.1, 0.15) is 0 Å². The van der Waals surface area contributed by atoms with E-state index in [-0.39, 0.29) is 11.7 Å². The van der Waals surface area contributed by atoms with E-state index in [0.29, 0.717) is 17.5 Å². The molecule has 0 radical (unpaired) electrons. The topological polar surface area (TPSA) is 80.9 Å². The number of aromatic nitrogens is 3. The smallest absolute Gasteiger partial charge is 0.277 e. The van der Waals surface area contributed by atoms with Crippen LogP contribution in [0.5, 0.6) is 0 Å². The molecule has 3 aromatic rings. The minimum atomic E-state index is -0.103. The van der Waals surface area contributed by atoms with E-state index in [1.54, 1.807) is 11.3 Å². The molecule has 1 N–H and O–H groups in total. The Kier molecular flexibility index (Phi) is 5.50. The predicted octanol–water partition coefficient (Wildman–Crippen LogP) is 3.77. The molecule has 0 atom stereocenters. The van der Waals surface area contributed by atoms with Crippen molar-refractivity contribution in [2.24, 2.45) is 0 Å². The van der Waals surface area contributed by atoms with Gasteiger partial charge in [0.2, 0.25) is 11.8 Å². The number of nitrogens with one attached hydrogen (secondary N) is 1. The van der Waals surface area contributed by atoms with Gasteiger partial charge in [0, 0.05) is 11.1 Å². The molecule has 0 fully saturated rings. The third kappa shape index (κ3) is 4.67. The van der Waals surface area contributed by atoms with Gasteiger partial charge in [-0.1, -0.05) is 23.9 Å². The molecule has 0 spiro atoms. The van der Waals surface area contributed by atoms with Crippen LogP contribution in [-0.4, -0.2) is 26.8 Å². The summed E-state index contributed by atoms with van der Waals surface area (Å²) >= 11 is 2.81. The highest BCUT2D eigenvalue weighted by Crippen LogP contribution is 2.21. The van der Waals surface area contributed by atoms with Crippen LogP contribution in [0.4, 0.5) is 5.69 Å². The van der Waals surface area contributed by atoms with Crippen molar-refractivity contribution in [2.45, 2.75) is 32.4 Å². The maximum absolute atomic E-state index is 12.1. The zero-order valence-corrected chi connectivity index (χ0v) is 15.8. The molecule has 6 nitrogen and oxygen atoms in total. The van der Waals surface area contributed by atoms with E-state index >= 15 is 0 Å². The Morgan fingerprint density at radius 1 is 1.28 bits per heavy atom. The van der Waals surface area contributed by atoms with Gasteiger partial charge in [-0.25, -0.2) is 4.98 Å². The molecule has 2 aromatic heterocycles. The average molecular weight is 374 g/mol. The van der Waals surface area contributed by atoms with Crippen LogP contribution in [0.2, 0.25) is 0 Å². The highest BCUT2D eigenvalue weighted by Gasteiger charge is 2.12. The molecule has 0 saturated carbocycles. The van der Waals surface area contributed by atoms with E-state index in [1.165, 1.54) is 11.8 Å². The molecule has 0 aliphatic rings. The van der Waals surface area contributed by atoms with Crippen LogP contribution in [-0.2, 0) is 11.2 Å². The van der Waals surface area contributed by atoms with Gasteiger partial charge in [0.25, 0.3) is 5.22 Å². The van der Waals surface area contributed by atoms with Crippen LogP contribution in [0, 0.1) is 20.8 Å². The second-order valence-electron chi connectivity index (χ2n) is 5.58. The largest absolute Gasteiger partial charge is 0.416 e. The van der Waals surface area contributed by atoms with Gasteiger partial charge >= 0.3 is 0 Å². The van der Waals surface area contributed by atoms with Crippen LogP contribution >= 0.6 is 23.1 Å². The number of nitrogens with zero attached hydrogens (tertiary/aromatic N) is 3. The number of aryl methyl sites for hydroxylation is 2. The molecular weight excluding hydrogens is 356 g/mol. The first-order chi connectivity index (χ1) is 12.0. The molecule has 0 aliphatic heterocycles. The van der Waals surface area contributed by atoms with Crippen LogP contribution in [0.25, 0.3) is 0 Å². The first kappa shape index (κ1) is 17.6. The Balaban J connectivity index is 1.53. The zero-order valence-electron chi connectivity index (χ0n) is 14.2. The normalized spacial score (nSPS) is 10.8. The molecule has 1 amide bonds. The summed E-state index contributed by atoms with van der Waals surface area (Å²) in [6.07, 6.45) is 0.507. The molecule has 0 bridgehead atoms. The Labute approximate surface area is 154 Å². The molecule has 0 unspecified atom stereocenters. The van der Waals surface area contributed by atoms with Crippen LogP contribution in [0.3, 0.4) is 0 Å². The molecule has 25 heavy (non-hydrogen) atoms. The summed E-state index contributed by atoms with van der Waals surface area (Å²) in [6.45, 7) is 5.96. The number of benzene rings is 1. The van der Waals surface area contributed by atoms with E-state index in [1.807, 2.05) is 44.4 Å². The van der Waals surface area contributed by atoms with Gasteiger partial charge in [-0.3, -0.25) is 4.79 Å². The van der Waals surface area contributed by atoms with Crippen molar-refractivity contribution < 1.29 is 9.21 Å². The minimum Gasteiger partial charge on any atom is -0.416 e. The lowest BCUT2D eigenvalue weighted by molar-refractivity contribution is -0.113. The first-order valence-corrected chi connectivity index (χ1v) is 9.60. The number of hydrogen-bond acceptors (Lipinski definition) is 7. The second-order valence-corrected chi connectivity index (χ2v) is 7.57. The highest BCUT2D eigenvalue weighted by atomic mass is 32.2. The first-order valence-electron chi connectivity index (χ1n) is 7.73. The van der Waals surface area contributed by atoms with Crippen molar-refractivity contribution in [1.29, 1.82) is 0 Å². The summed E-state index contributed by atoms with van der Waals surface area (Å²) in [5.74, 6) is 0.612. The Morgan fingerprint density at radius 3 is 2.88 bits per heavy atom. The summed E-state index contributed by atoms with van der Waals surface area (Å²) < 4.78 is 5.57. The number of thiazole rings is 1. The van der Waals surface area contributed by atoms with E-state index in [2.05, 4.69) is 20.5 Å². The highest BCUT2D eigenvalue weighted by molar-refractivity contribution is 7.99. The number of thioether (sulfide) groups is 1. The molecule has 8 heteroatoms. The third-order valence-corrected chi connectivity index (χ3v) is 5.29. The minimum absolute atomic E-state index is 0.103. The van der Waals surface area contributed by atoms with E-state index in [0.717, 1.165) is 27.5 Å². The standard InChI is InChI=1S/C17H18N4O2S2/c1-10-5-4-6-14(11(10)2)19-15(22)9-25-17-21-20-16(23-17)7-13-8-24-12(3)18-13/h4-6,8H,7,9H2,1-3H3,(H,19,22). The monoisotopic (exact) mass is 374 g/mol. The molecule has 130 valence electrons. The number of rotatable bonds is 6. The van der Waals surface area contributed by atoms with Gasteiger partial charge in [-0.2, -0.15) is 0 Å². The maximum atomic E-state index is 12.1. The number of carbonyl (C=O) groups is 1. The second kappa shape index (κ2) is 7.79. The van der Waals surface area contributed by atoms with E-state index < -0.39 is 0 Å². The van der Waals surface area contributed by atoms with E-state index in [9.17, 15) is 4.79 Å². The third-order valence-electron chi connectivity index (χ3n) is 3.65. The van der Waals surface area contributed by atoms with Crippen LogP contribution in [0.1, 0.15) is 27.7 Å². The predicted molar refractivity (Wildman–Crippen MR) is 99.2 cm³/mol. The summed E-state index contributed by atoms with van der Waals surface area (Å²) in [6, 6.07) is 5.84. The van der Waals surface area contributed by atoms with E-state index in [4.69, 9.17) is 4.42 Å². The van der Waals surface area contributed by atoms with Gasteiger partial charge in [0.05, 0.1) is 22.9 Å². The maximum Gasteiger partial charge on any atom is 0.277 e. The Morgan fingerprint density at radius 2 is 2.12 bits per heavy atom. The molecule has 3 rings (SSSR count). The van der Waals surface area contributed by atoms with Crippen molar-refractivity contribution in [2.75, 3.05) is 11.1 Å². The van der Waals surface area contributed by atoms with Crippen molar-refractivity contribution in [3.05, 3.63) is 51.3 Å². The Bertz CT molecular complexity index is 888. The Hall–Kier alpha value is -2.19. The van der Waals surface area contributed by atoms with Gasteiger partial charge < -0.3 is 9.73 Å². The fraction of sp³-hybridized carbons (Fsp3) is 0.294. The average Bonchev–Trinajstić information content (AvgIpc) is 3.19. The number of anilines is 1. The van der Waals surface area contributed by atoms with Crippen LogP contribution < -0.4 is 5.32 Å². The lowest BCUT2D eigenvalue weighted by atomic mass is 10.1. The zero-order chi connectivity index (χ0) is 17.8. The fourth-order valence-corrected chi connectivity index (χ4v) is 3.41. The number of carbonyl (C=O) groups excluding carboxylic acids is 1. The fourth-order valence-electron chi connectivity index (χ4n) is 2.21. The van der Waals surface area contributed by atoms with Gasteiger partial charge in [-0.05, 0) is 38.0 Å². The lowest BCUT2D eigenvalue weighted by Gasteiger charge is -2.09. The van der Waals surface area contributed by atoms with Crippen molar-refractivity contribution in [3.8, 4) is 0 Å². The van der Waals surface area contributed by atoms with Crippen molar-refractivity contribution in [3.63, 3.8) is 0 Å². The number of hydrogen-bond donors (Lipinski definition) is 1. The molecular formula is C17H18N4O2S2. The van der Waals surface area contributed by atoms with Crippen molar-refractivity contribution in [1.82, 2.24) is 15.2 Å². The SMILES string of the molecule is Cc1nc(Cc2nnc(SCC(=O)Nc3cccc(C)c3C)o2)cs1. The lowest BCUT2D eigenvalue weighted by Crippen LogP contribution is -2.15. The van der Waals surface area contributed by atoms with Gasteiger partial charge in [-0.15, -0.1) is 21.5 Å². The van der Waals surface area contributed by atoms with Gasteiger partial charge in [0.15, 0.2) is 0 Å². The summed E-state index contributed by atoms with van der Waals surface area (Å²) in [7, 11) is 0. The molecule has 2 heterocycles. The summed E-state index contributed by atoms with van der Waals surface area (Å²) in [5.41, 5.74) is 3.95. The van der Waals surface area contributed by atoms with Crippen molar-refractivity contribution >= 4 is 34.7 Å². The summed E-state index contributed by atoms with van der Waals surface area (Å²) in [4.78, 5) is 16.5. The quantitative estimate of drug-likeness (QED) is 0.662. The molecule has 0 saturated heterocycles. The summed E-state index contributed by atoms with van der Waals surface area (Å²) in [5, 5.41) is 14.3. The molecule has 0 aliphatic carbocycles. The number of amides is 1. The molecule has 1 aromatic carbocycles.